The molecule has 2 N–H and O–H groups in total. The first-order valence-electron chi connectivity index (χ1n) is 5.37. The van der Waals surface area contributed by atoms with Gasteiger partial charge in [0.15, 0.2) is 0 Å². The van der Waals surface area contributed by atoms with Crippen molar-refractivity contribution in [2.75, 3.05) is 0 Å². The Morgan fingerprint density at radius 2 is 2.11 bits per heavy atom. The van der Waals surface area contributed by atoms with Crippen molar-refractivity contribution in [2.45, 2.75) is 6.92 Å². The van der Waals surface area contributed by atoms with E-state index in [2.05, 4.69) is 20.9 Å². The molecule has 2 aromatic rings. The number of aryl methyl sites for hydroxylation is 1. The van der Waals surface area contributed by atoms with E-state index in [-0.39, 0.29) is 4.99 Å². The van der Waals surface area contributed by atoms with Gasteiger partial charge in [-0.05, 0) is 41.1 Å². The molecule has 0 saturated heterocycles. The summed E-state index contributed by atoms with van der Waals surface area (Å²) < 4.78 is 19.3. The first-order chi connectivity index (χ1) is 8.95. The smallest absolute Gasteiger partial charge is 0.220 e. The summed E-state index contributed by atoms with van der Waals surface area (Å²) in [5.41, 5.74) is 6.95. The largest absolute Gasteiger partial charge is 0.439 e. The van der Waals surface area contributed by atoms with Gasteiger partial charge in [0.2, 0.25) is 5.88 Å². The zero-order chi connectivity index (χ0) is 14.0. The van der Waals surface area contributed by atoms with E-state index >= 15 is 0 Å². The van der Waals surface area contributed by atoms with Crippen molar-refractivity contribution in [3.8, 4) is 11.6 Å². The summed E-state index contributed by atoms with van der Waals surface area (Å²) >= 11 is 7.99. The second-order valence-corrected chi connectivity index (χ2v) is 5.17. The minimum absolute atomic E-state index is 0.261. The minimum atomic E-state index is -0.403. The molecule has 1 aromatic carbocycles. The third kappa shape index (κ3) is 3.48. The number of nitrogens with two attached hydrogens (primary N) is 1. The Morgan fingerprint density at radius 1 is 1.37 bits per heavy atom. The molecular formula is C13H10BrFN2OS. The maximum atomic E-state index is 13.4. The standard InChI is InChI=1S/C13H10BrFN2OS/c1-7-4-8(13(16)19)5-12(17-7)18-9-2-3-10(14)11(15)6-9/h2-6H,1H3,(H2,16,19). The number of ether oxygens (including phenoxy) is 1. The number of nitrogens with zero attached hydrogens (tertiary/aromatic N) is 1. The number of rotatable bonds is 3. The number of benzene rings is 1. The van der Waals surface area contributed by atoms with E-state index in [1.807, 2.05) is 0 Å². The van der Waals surface area contributed by atoms with Crippen molar-refractivity contribution in [3.05, 3.63) is 51.9 Å². The molecule has 0 fully saturated rings. The fourth-order valence-electron chi connectivity index (χ4n) is 1.49. The van der Waals surface area contributed by atoms with Gasteiger partial charge in [0.05, 0.1) is 4.47 Å². The highest BCUT2D eigenvalue weighted by Crippen LogP contribution is 2.25. The fraction of sp³-hybridized carbons (Fsp3) is 0.0769. The van der Waals surface area contributed by atoms with Gasteiger partial charge in [-0.1, -0.05) is 12.2 Å². The summed E-state index contributed by atoms with van der Waals surface area (Å²) in [6, 6.07) is 7.85. The maximum absolute atomic E-state index is 13.4. The second-order valence-electron chi connectivity index (χ2n) is 3.88. The molecule has 0 atom stereocenters. The quantitative estimate of drug-likeness (QED) is 0.865. The van der Waals surface area contributed by atoms with Crippen LogP contribution in [0.3, 0.4) is 0 Å². The topological polar surface area (TPSA) is 48.1 Å². The van der Waals surface area contributed by atoms with E-state index in [0.717, 1.165) is 5.69 Å². The Kier molecular flexibility index (Phi) is 4.11. The van der Waals surface area contributed by atoms with Crippen LogP contribution in [0, 0.1) is 12.7 Å². The number of thiocarbonyl (C=S) groups is 1. The van der Waals surface area contributed by atoms with E-state index in [0.29, 0.717) is 21.7 Å². The van der Waals surface area contributed by atoms with Gasteiger partial charge in [-0.15, -0.1) is 0 Å². The summed E-state index contributed by atoms with van der Waals surface area (Å²) in [6.07, 6.45) is 0. The lowest BCUT2D eigenvalue weighted by Gasteiger charge is -2.08. The lowest BCUT2D eigenvalue weighted by atomic mass is 10.2. The summed E-state index contributed by atoms with van der Waals surface area (Å²) in [4.78, 5) is 4.45. The van der Waals surface area contributed by atoms with Gasteiger partial charge >= 0.3 is 0 Å². The molecular weight excluding hydrogens is 331 g/mol. The van der Waals surface area contributed by atoms with Gasteiger partial charge in [0, 0.05) is 23.4 Å². The summed E-state index contributed by atoms with van der Waals surface area (Å²) in [6.45, 7) is 1.80. The van der Waals surface area contributed by atoms with Crippen molar-refractivity contribution in [1.82, 2.24) is 4.98 Å². The molecule has 0 aliphatic carbocycles. The third-order valence-electron chi connectivity index (χ3n) is 2.33. The molecule has 0 aliphatic rings. The van der Waals surface area contributed by atoms with Crippen LogP contribution in [0.2, 0.25) is 0 Å². The van der Waals surface area contributed by atoms with Gasteiger partial charge in [0.1, 0.15) is 16.6 Å². The normalized spacial score (nSPS) is 10.3. The number of hydrogen-bond donors (Lipinski definition) is 1. The maximum Gasteiger partial charge on any atom is 0.220 e. The predicted octanol–water partition coefficient (Wildman–Crippen LogP) is 3.72. The van der Waals surface area contributed by atoms with Crippen LogP contribution in [-0.2, 0) is 0 Å². The SMILES string of the molecule is Cc1cc(C(N)=S)cc(Oc2ccc(Br)c(F)c2)n1. The first-order valence-corrected chi connectivity index (χ1v) is 6.57. The Labute approximate surface area is 123 Å². The lowest BCUT2D eigenvalue weighted by molar-refractivity contribution is 0.456. The second kappa shape index (κ2) is 5.63. The molecule has 1 aromatic heterocycles. The van der Waals surface area contributed by atoms with Crippen LogP contribution in [-0.4, -0.2) is 9.97 Å². The molecule has 0 spiro atoms. The van der Waals surface area contributed by atoms with Gasteiger partial charge in [-0.2, -0.15) is 0 Å². The van der Waals surface area contributed by atoms with Crippen LogP contribution < -0.4 is 10.5 Å². The van der Waals surface area contributed by atoms with Gasteiger partial charge < -0.3 is 10.5 Å². The molecule has 1 heterocycles. The van der Waals surface area contributed by atoms with Gasteiger partial charge in [-0.25, -0.2) is 9.37 Å². The first kappa shape index (κ1) is 13.9. The number of halogens is 2. The Balaban J connectivity index is 2.32. The average Bonchev–Trinajstić information content (AvgIpc) is 2.33. The van der Waals surface area contributed by atoms with Crippen molar-refractivity contribution in [1.29, 1.82) is 0 Å². The lowest BCUT2D eigenvalue weighted by Crippen LogP contribution is -2.10. The molecule has 0 amide bonds. The number of hydrogen-bond acceptors (Lipinski definition) is 3. The highest BCUT2D eigenvalue weighted by atomic mass is 79.9. The van der Waals surface area contributed by atoms with Crippen molar-refractivity contribution in [2.24, 2.45) is 5.73 Å². The van der Waals surface area contributed by atoms with Gasteiger partial charge in [-0.3, -0.25) is 0 Å². The Hall–Kier alpha value is -1.53. The molecule has 0 bridgehead atoms. The molecule has 19 heavy (non-hydrogen) atoms. The summed E-state index contributed by atoms with van der Waals surface area (Å²) in [7, 11) is 0. The zero-order valence-electron chi connectivity index (χ0n) is 9.98. The third-order valence-corrected chi connectivity index (χ3v) is 3.21. The Bertz CT molecular complexity index is 649. The van der Waals surface area contributed by atoms with E-state index in [1.54, 1.807) is 31.2 Å². The van der Waals surface area contributed by atoms with E-state index in [1.165, 1.54) is 6.07 Å². The monoisotopic (exact) mass is 340 g/mol. The molecule has 0 aliphatic heterocycles. The number of aromatic nitrogens is 1. The molecule has 6 heteroatoms. The Morgan fingerprint density at radius 3 is 2.74 bits per heavy atom. The minimum Gasteiger partial charge on any atom is -0.439 e. The van der Waals surface area contributed by atoms with Crippen molar-refractivity contribution >= 4 is 33.1 Å². The van der Waals surface area contributed by atoms with Crippen molar-refractivity contribution in [3.63, 3.8) is 0 Å². The fourth-order valence-corrected chi connectivity index (χ4v) is 1.86. The highest BCUT2D eigenvalue weighted by Gasteiger charge is 2.07. The average molecular weight is 341 g/mol. The molecule has 2 rings (SSSR count). The highest BCUT2D eigenvalue weighted by molar-refractivity contribution is 9.10. The predicted molar refractivity (Wildman–Crippen MR) is 79.0 cm³/mol. The van der Waals surface area contributed by atoms with Crippen LogP contribution in [0.15, 0.2) is 34.8 Å². The van der Waals surface area contributed by atoms with E-state index < -0.39 is 5.82 Å². The van der Waals surface area contributed by atoms with Crippen LogP contribution >= 0.6 is 28.1 Å². The molecule has 3 nitrogen and oxygen atoms in total. The van der Waals surface area contributed by atoms with Crippen LogP contribution in [0.1, 0.15) is 11.3 Å². The van der Waals surface area contributed by atoms with Gasteiger partial charge in [0.25, 0.3) is 0 Å². The van der Waals surface area contributed by atoms with E-state index in [9.17, 15) is 4.39 Å². The summed E-state index contributed by atoms with van der Waals surface area (Å²) in [5.74, 6) is 0.275. The zero-order valence-corrected chi connectivity index (χ0v) is 12.4. The van der Waals surface area contributed by atoms with Crippen LogP contribution in [0.5, 0.6) is 11.6 Å². The van der Waals surface area contributed by atoms with Crippen molar-refractivity contribution < 1.29 is 9.13 Å². The molecule has 0 radical (unpaired) electrons. The van der Waals surface area contributed by atoms with Crippen LogP contribution in [0.25, 0.3) is 0 Å². The van der Waals surface area contributed by atoms with Crippen LogP contribution in [0.4, 0.5) is 4.39 Å². The molecule has 0 saturated carbocycles. The number of pyridine rings is 1. The summed E-state index contributed by atoms with van der Waals surface area (Å²) in [5, 5.41) is 0. The van der Waals surface area contributed by atoms with E-state index in [4.69, 9.17) is 22.7 Å². The molecule has 98 valence electrons. The molecule has 0 unspecified atom stereocenters.